The molecule has 4 rings (SSSR count). The van der Waals surface area contributed by atoms with Crippen LogP contribution in [0.4, 0.5) is 11.4 Å². The van der Waals surface area contributed by atoms with Crippen LogP contribution in [0.1, 0.15) is 5.56 Å². The molecule has 0 fully saturated rings. The lowest BCUT2D eigenvalue weighted by Crippen LogP contribution is -2.08. The maximum absolute atomic E-state index is 5.68. The number of ether oxygens (including phenoxy) is 1. The van der Waals surface area contributed by atoms with E-state index in [4.69, 9.17) is 4.74 Å². The van der Waals surface area contributed by atoms with Crippen LogP contribution in [0.3, 0.4) is 0 Å². The molecule has 0 atom stereocenters. The first kappa shape index (κ1) is 16.0. The molecular weight excluding hydrogens is 318 g/mol. The molecule has 3 aromatic carbocycles. The van der Waals surface area contributed by atoms with Crippen molar-refractivity contribution in [3.8, 4) is 16.9 Å². The summed E-state index contributed by atoms with van der Waals surface area (Å²) in [5, 5.41) is 3.54. The molecule has 126 valence electrons. The van der Waals surface area contributed by atoms with E-state index >= 15 is 0 Å². The topological polar surface area (TPSA) is 21.3 Å². The van der Waals surface area contributed by atoms with E-state index in [1.807, 2.05) is 42.5 Å². The number of hydrogen-bond donors (Lipinski definition) is 1. The van der Waals surface area contributed by atoms with Crippen molar-refractivity contribution in [3.05, 3.63) is 109 Å². The molecule has 1 heterocycles. The minimum Gasteiger partial charge on any atom is -0.456 e. The third-order valence-electron chi connectivity index (χ3n) is 4.25. The lowest BCUT2D eigenvalue weighted by Gasteiger charge is -2.24. The summed E-state index contributed by atoms with van der Waals surface area (Å²) in [6.45, 7) is 3.67. The summed E-state index contributed by atoms with van der Waals surface area (Å²) in [6, 6.07) is 24.9. The van der Waals surface area contributed by atoms with Gasteiger partial charge in [-0.05, 0) is 35.9 Å². The second-order valence-electron chi connectivity index (χ2n) is 6.00. The zero-order valence-corrected chi connectivity index (χ0v) is 14.4. The molecule has 0 unspecified atom stereocenters. The van der Waals surface area contributed by atoms with Crippen LogP contribution in [-0.4, -0.2) is 0 Å². The minimum atomic E-state index is 0.873. The van der Waals surface area contributed by atoms with Crippen LogP contribution in [0.5, 0.6) is 5.75 Å². The SMILES string of the molecule is C=C/C=C\C=C1/Oc2ccc(Nc3ccccc3-c3ccccc3)cc21. The molecule has 0 aromatic heterocycles. The van der Waals surface area contributed by atoms with Gasteiger partial charge < -0.3 is 10.1 Å². The van der Waals surface area contributed by atoms with Crippen molar-refractivity contribution in [1.29, 1.82) is 0 Å². The van der Waals surface area contributed by atoms with Crippen molar-refractivity contribution in [2.24, 2.45) is 0 Å². The highest BCUT2D eigenvalue weighted by molar-refractivity contribution is 5.84. The van der Waals surface area contributed by atoms with Gasteiger partial charge in [-0.3, -0.25) is 0 Å². The summed E-state index contributed by atoms with van der Waals surface area (Å²) in [5.41, 5.74) is 5.60. The van der Waals surface area contributed by atoms with Gasteiger partial charge in [0.2, 0.25) is 0 Å². The van der Waals surface area contributed by atoms with E-state index < -0.39 is 0 Å². The number of nitrogens with one attached hydrogen (secondary N) is 1. The van der Waals surface area contributed by atoms with Crippen LogP contribution in [0.25, 0.3) is 16.9 Å². The predicted octanol–water partition coefficient (Wildman–Crippen LogP) is 6.57. The minimum absolute atomic E-state index is 0.873. The maximum Gasteiger partial charge on any atom is 0.138 e. The van der Waals surface area contributed by atoms with Gasteiger partial charge >= 0.3 is 0 Å². The molecular formula is C24H19NO. The van der Waals surface area contributed by atoms with Gasteiger partial charge in [0.15, 0.2) is 0 Å². The normalized spacial score (nSPS) is 13.8. The Kier molecular flexibility index (Phi) is 4.40. The summed E-state index contributed by atoms with van der Waals surface area (Å²) >= 11 is 0. The van der Waals surface area contributed by atoms with Crippen LogP contribution in [0.15, 0.2) is 104 Å². The van der Waals surface area contributed by atoms with Crippen molar-refractivity contribution in [1.82, 2.24) is 0 Å². The molecule has 0 spiro atoms. The Morgan fingerprint density at radius 2 is 1.62 bits per heavy atom. The first-order valence-electron chi connectivity index (χ1n) is 8.58. The summed E-state index contributed by atoms with van der Waals surface area (Å²) < 4.78 is 5.68. The molecule has 1 aliphatic rings. The number of para-hydroxylation sites is 1. The molecule has 0 saturated heterocycles. The van der Waals surface area contributed by atoms with Crippen LogP contribution >= 0.6 is 0 Å². The highest BCUT2D eigenvalue weighted by Crippen LogP contribution is 2.41. The summed E-state index contributed by atoms with van der Waals surface area (Å²) in [4.78, 5) is 0. The Balaban J connectivity index is 1.63. The van der Waals surface area contributed by atoms with E-state index in [0.29, 0.717) is 0 Å². The van der Waals surface area contributed by atoms with Crippen molar-refractivity contribution in [2.45, 2.75) is 0 Å². The zero-order valence-electron chi connectivity index (χ0n) is 14.4. The molecule has 0 bridgehead atoms. The average Bonchev–Trinajstić information content (AvgIpc) is 2.68. The number of anilines is 2. The Bertz CT molecular complexity index is 1000. The fourth-order valence-corrected chi connectivity index (χ4v) is 2.98. The van der Waals surface area contributed by atoms with Gasteiger partial charge in [-0.25, -0.2) is 0 Å². The molecule has 26 heavy (non-hydrogen) atoms. The first-order valence-corrected chi connectivity index (χ1v) is 8.58. The molecule has 0 aliphatic carbocycles. The van der Waals surface area contributed by atoms with Crippen LogP contribution < -0.4 is 10.1 Å². The zero-order chi connectivity index (χ0) is 17.8. The smallest absolute Gasteiger partial charge is 0.138 e. The third-order valence-corrected chi connectivity index (χ3v) is 4.25. The lowest BCUT2D eigenvalue weighted by molar-refractivity contribution is 0.465. The van der Waals surface area contributed by atoms with E-state index in [1.165, 1.54) is 11.1 Å². The number of hydrogen-bond acceptors (Lipinski definition) is 2. The van der Waals surface area contributed by atoms with Crippen LogP contribution in [0, 0.1) is 0 Å². The van der Waals surface area contributed by atoms with E-state index in [2.05, 4.69) is 60.4 Å². The van der Waals surface area contributed by atoms with Crippen molar-refractivity contribution < 1.29 is 4.74 Å². The fraction of sp³-hybridized carbons (Fsp3) is 0. The second-order valence-corrected chi connectivity index (χ2v) is 6.00. The highest BCUT2D eigenvalue weighted by atomic mass is 16.5. The predicted molar refractivity (Wildman–Crippen MR) is 110 cm³/mol. The molecule has 0 radical (unpaired) electrons. The standard InChI is InChI=1S/C24H19NO/c1-2-3-5-14-23-21-17-19(15-16-24(21)26-23)25-22-13-9-8-12-20(22)18-10-6-4-7-11-18/h2-17,25H,1H2/b5-3-,23-14-. The average molecular weight is 337 g/mol. The molecule has 2 heteroatoms. The quantitative estimate of drug-likeness (QED) is 0.531. The molecule has 0 amide bonds. The van der Waals surface area contributed by atoms with E-state index in [-0.39, 0.29) is 0 Å². The number of rotatable bonds is 5. The Morgan fingerprint density at radius 3 is 2.46 bits per heavy atom. The number of benzene rings is 3. The largest absolute Gasteiger partial charge is 0.456 e. The number of allylic oxidation sites excluding steroid dienone is 4. The van der Waals surface area contributed by atoms with E-state index in [0.717, 1.165) is 28.4 Å². The molecule has 1 aliphatic heterocycles. The van der Waals surface area contributed by atoms with Gasteiger partial charge in [-0.2, -0.15) is 0 Å². The molecule has 2 nitrogen and oxygen atoms in total. The number of fused-ring (bicyclic) bond motifs is 1. The van der Waals surface area contributed by atoms with Gasteiger partial charge in [-0.15, -0.1) is 0 Å². The molecule has 0 saturated carbocycles. The summed E-state index contributed by atoms with van der Waals surface area (Å²) in [5.74, 6) is 1.78. The first-order chi connectivity index (χ1) is 12.8. The lowest BCUT2D eigenvalue weighted by atomic mass is 10.0. The van der Waals surface area contributed by atoms with Gasteiger partial charge in [0.05, 0.1) is 5.56 Å². The van der Waals surface area contributed by atoms with Crippen molar-refractivity contribution in [2.75, 3.05) is 5.32 Å². The second kappa shape index (κ2) is 7.16. The summed E-state index contributed by atoms with van der Waals surface area (Å²) in [6.07, 6.45) is 7.50. The summed E-state index contributed by atoms with van der Waals surface area (Å²) in [7, 11) is 0. The molecule has 1 N–H and O–H groups in total. The van der Waals surface area contributed by atoms with Gasteiger partial charge in [0.1, 0.15) is 11.5 Å². The molecule has 3 aromatic rings. The third kappa shape index (κ3) is 3.17. The van der Waals surface area contributed by atoms with Gasteiger partial charge in [0, 0.05) is 16.9 Å². The highest BCUT2D eigenvalue weighted by Gasteiger charge is 2.21. The van der Waals surface area contributed by atoms with Gasteiger partial charge in [0.25, 0.3) is 0 Å². The van der Waals surface area contributed by atoms with E-state index in [1.54, 1.807) is 6.08 Å². The van der Waals surface area contributed by atoms with E-state index in [9.17, 15) is 0 Å². The van der Waals surface area contributed by atoms with Crippen LogP contribution in [0.2, 0.25) is 0 Å². The fourth-order valence-electron chi connectivity index (χ4n) is 2.98. The Labute approximate surface area is 153 Å². The van der Waals surface area contributed by atoms with Crippen LogP contribution in [-0.2, 0) is 0 Å². The Morgan fingerprint density at radius 1 is 0.808 bits per heavy atom. The van der Waals surface area contributed by atoms with Crippen molar-refractivity contribution >= 4 is 17.1 Å². The van der Waals surface area contributed by atoms with Crippen molar-refractivity contribution in [3.63, 3.8) is 0 Å². The maximum atomic E-state index is 5.68. The van der Waals surface area contributed by atoms with Gasteiger partial charge in [-0.1, -0.05) is 73.3 Å². The monoisotopic (exact) mass is 337 g/mol. The Hall–Kier alpha value is -3.52.